The van der Waals surface area contributed by atoms with Crippen LogP contribution in [0.1, 0.15) is 46.8 Å². The minimum absolute atomic E-state index is 0.0943. The number of nitrogen functional groups attached to an aromatic ring is 1. The molecule has 0 radical (unpaired) electrons. The van der Waals surface area contributed by atoms with Gasteiger partial charge in [-0.3, -0.25) is 0 Å². The van der Waals surface area contributed by atoms with Crippen LogP contribution in [0.25, 0.3) is 0 Å². The highest BCUT2D eigenvalue weighted by molar-refractivity contribution is 7.87. The summed E-state index contributed by atoms with van der Waals surface area (Å²) < 4.78 is 36.7. The quantitative estimate of drug-likeness (QED) is 0.0565. The Labute approximate surface area is 272 Å². The van der Waals surface area contributed by atoms with Crippen LogP contribution >= 0.6 is 11.3 Å². The van der Waals surface area contributed by atoms with Gasteiger partial charge in [0.25, 0.3) is 0 Å². The number of oxime groups is 1. The Hall–Kier alpha value is -4.84. The Kier molecular flexibility index (Phi) is 9.38. The molecule has 0 aliphatic heterocycles. The number of nitrogens with two attached hydrogens (primary N) is 1. The van der Waals surface area contributed by atoms with Gasteiger partial charge < -0.3 is 19.5 Å². The van der Waals surface area contributed by atoms with Crippen LogP contribution in [0, 0.1) is 6.92 Å². The molecule has 0 aliphatic rings. The highest BCUT2D eigenvalue weighted by Crippen LogP contribution is 2.47. The largest absolute Gasteiger partial charge is 0.389 e. The third kappa shape index (κ3) is 6.57. The van der Waals surface area contributed by atoms with Crippen LogP contribution in [0.2, 0.25) is 0 Å². The van der Waals surface area contributed by atoms with Gasteiger partial charge in [0, 0.05) is 21.0 Å². The Morgan fingerprint density at radius 1 is 0.804 bits per heavy atom. The lowest BCUT2D eigenvalue weighted by molar-refractivity contribution is -0.197. The van der Waals surface area contributed by atoms with E-state index < -0.39 is 33.0 Å². The SMILES string of the molecule is COC(C)(C)ON=C(C(=O)OS(=O)(=O)c1ccc(C)cc1)c1nc(C(c2ccccc2)(c2ccccc2)c2ccccc2)sc1N. The van der Waals surface area contributed by atoms with Gasteiger partial charge in [0.1, 0.15) is 20.6 Å². The fourth-order valence-electron chi connectivity index (χ4n) is 4.86. The molecule has 4 aromatic carbocycles. The van der Waals surface area contributed by atoms with Crippen LogP contribution in [0.5, 0.6) is 0 Å². The lowest BCUT2D eigenvalue weighted by atomic mass is 9.70. The molecule has 0 fully saturated rings. The fraction of sp³-hybridized carbons (Fsp3) is 0.171. The summed E-state index contributed by atoms with van der Waals surface area (Å²) in [6, 6.07) is 35.3. The van der Waals surface area contributed by atoms with E-state index in [1.807, 2.05) is 97.9 Å². The van der Waals surface area contributed by atoms with Gasteiger partial charge in [0.2, 0.25) is 11.5 Å². The molecular weight excluding hydrogens is 623 g/mol. The van der Waals surface area contributed by atoms with Crippen LogP contribution in [-0.4, -0.2) is 38.0 Å². The van der Waals surface area contributed by atoms with E-state index in [1.165, 1.54) is 19.2 Å². The maximum Gasteiger partial charge on any atom is 0.378 e. The van der Waals surface area contributed by atoms with Crippen molar-refractivity contribution in [2.45, 2.75) is 36.9 Å². The van der Waals surface area contributed by atoms with E-state index in [1.54, 1.807) is 26.0 Å². The number of ether oxygens (including phenoxy) is 1. The number of aromatic nitrogens is 1. The molecule has 0 bridgehead atoms. The first-order valence-electron chi connectivity index (χ1n) is 14.3. The summed E-state index contributed by atoms with van der Waals surface area (Å²) in [7, 11) is -3.13. The van der Waals surface area contributed by atoms with Crippen molar-refractivity contribution >= 4 is 38.1 Å². The van der Waals surface area contributed by atoms with Crippen LogP contribution in [0.3, 0.4) is 0 Å². The molecule has 0 unspecified atom stereocenters. The maximum atomic E-state index is 13.7. The molecule has 2 N–H and O–H groups in total. The second-order valence-electron chi connectivity index (χ2n) is 10.9. The lowest BCUT2D eigenvalue weighted by Gasteiger charge is -2.34. The number of carbonyl (C=O) groups excluding carboxylic acids is 1. The summed E-state index contributed by atoms with van der Waals surface area (Å²) in [5.74, 6) is -2.60. The second kappa shape index (κ2) is 13.3. The van der Waals surface area contributed by atoms with E-state index in [9.17, 15) is 13.2 Å². The number of carbonyl (C=O) groups is 1. The van der Waals surface area contributed by atoms with Gasteiger partial charge in [-0.2, -0.15) is 8.42 Å². The van der Waals surface area contributed by atoms with Gasteiger partial charge in [0.05, 0.1) is 5.41 Å². The normalized spacial score (nSPS) is 12.5. The second-order valence-corrected chi connectivity index (χ2v) is 13.4. The van der Waals surface area contributed by atoms with Crippen LogP contribution in [0.15, 0.2) is 125 Å². The molecule has 9 nitrogen and oxygen atoms in total. The molecule has 0 saturated carbocycles. The van der Waals surface area contributed by atoms with Gasteiger partial charge >= 0.3 is 16.1 Å². The predicted octanol–water partition coefficient (Wildman–Crippen LogP) is 6.45. The molecule has 5 aromatic rings. The number of methoxy groups -OCH3 is 1. The fourth-order valence-corrected chi connectivity index (χ4v) is 6.79. The maximum absolute atomic E-state index is 13.7. The standard InChI is InChI=1S/C35H33N3O6S2/c1-24-20-22-28(23-21-24)46(40,41)43-32(39)30(38-44-34(2,3)42-4)29-31(36)45-33(37-29)35(25-14-8-5-9-15-25,26-16-10-6-11-17-26)27-18-12-7-13-19-27/h5-23H,36H2,1-4H3. The van der Waals surface area contributed by atoms with E-state index in [0.29, 0.717) is 5.01 Å². The minimum atomic E-state index is -4.53. The third-order valence-corrected chi connectivity index (χ3v) is 9.58. The van der Waals surface area contributed by atoms with E-state index in [4.69, 9.17) is 24.5 Å². The molecule has 46 heavy (non-hydrogen) atoms. The molecule has 236 valence electrons. The van der Waals surface area contributed by atoms with E-state index >= 15 is 0 Å². The summed E-state index contributed by atoms with van der Waals surface area (Å²) in [5.41, 5.74) is 8.52. The topological polar surface area (TPSA) is 130 Å². The summed E-state index contributed by atoms with van der Waals surface area (Å²) in [6.07, 6.45) is 0. The Balaban J connectivity index is 1.71. The molecule has 0 spiro atoms. The van der Waals surface area contributed by atoms with Crippen molar-refractivity contribution in [3.63, 3.8) is 0 Å². The van der Waals surface area contributed by atoms with Gasteiger partial charge in [-0.15, -0.1) is 0 Å². The predicted molar refractivity (Wildman–Crippen MR) is 178 cm³/mol. The molecule has 0 atom stereocenters. The van der Waals surface area contributed by atoms with Crippen molar-refractivity contribution in [1.82, 2.24) is 4.98 Å². The number of benzene rings is 4. The number of anilines is 1. The van der Waals surface area contributed by atoms with E-state index in [-0.39, 0.29) is 15.6 Å². The highest BCUT2D eigenvalue weighted by Gasteiger charge is 2.43. The number of hydrogen-bond acceptors (Lipinski definition) is 10. The molecule has 1 heterocycles. The van der Waals surface area contributed by atoms with Crippen molar-refractivity contribution in [2.75, 3.05) is 12.8 Å². The van der Waals surface area contributed by atoms with Gasteiger partial charge in [-0.25, -0.2) is 9.78 Å². The number of nitrogens with zero attached hydrogens (tertiary/aromatic N) is 2. The van der Waals surface area contributed by atoms with Crippen LogP contribution in [-0.2, 0) is 34.1 Å². The number of thiazole rings is 1. The Morgan fingerprint density at radius 3 is 1.74 bits per heavy atom. The molecule has 1 aromatic heterocycles. The first-order valence-corrected chi connectivity index (χ1v) is 16.5. The van der Waals surface area contributed by atoms with Crippen LogP contribution < -0.4 is 5.73 Å². The summed E-state index contributed by atoms with van der Waals surface area (Å²) in [5, 5.41) is 4.63. The van der Waals surface area contributed by atoms with Crippen molar-refractivity contribution in [1.29, 1.82) is 0 Å². The molecule has 0 amide bonds. The Morgan fingerprint density at radius 2 is 1.28 bits per heavy atom. The molecule has 0 saturated heterocycles. The number of aryl methyl sites for hydroxylation is 1. The zero-order valence-corrected chi connectivity index (χ0v) is 27.3. The van der Waals surface area contributed by atoms with Gasteiger partial charge in [0.15, 0.2) is 0 Å². The van der Waals surface area contributed by atoms with E-state index in [2.05, 4.69) is 5.16 Å². The van der Waals surface area contributed by atoms with Crippen molar-refractivity contribution < 1.29 is 27.0 Å². The average molecular weight is 656 g/mol. The number of rotatable bonds is 11. The molecule has 5 rings (SSSR count). The monoisotopic (exact) mass is 655 g/mol. The van der Waals surface area contributed by atoms with Gasteiger partial charge in [-0.05, 0) is 35.7 Å². The highest BCUT2D eigenvalue weighted by atomic mass is 32.2. The third-order valence-electron chi connectivity index (χ3n) is 7.36. The number of hydrogen-bond donors (Lipinski definition) is 1. The van der Waals surface area contributed by atoms with Crippen LogP contribution in [0.4, 0.5) is 5.00 Å². The lowest BCUT2D eigenvalue weighted by Crippen LogP contribution is -2.31. The molecule has 11 heteroatoms. The zero-order chi connectivity index (χ0) is 33.0. The first-order chi connectivity index (χ1) is 22.0. The van der Waals surface area contributed by atoms with Gasteiger partial charge in [-0.1, -0.05) is 125 Å². The first kappa shape index (κ1) is 32.6. The smallest absolute Gasteiger partial charge is 0.378 e. The van der Waals surface area contributed by atoms with E-state index in [0.717, 1.165) is 33.6 Å². The van der Waals surface area contributed by atoms with Crippen molar-refractivity contribution in [3.05, 3.63) is 148 Å². The van der Waals surface area contributed by atoms with Crippen molar-refractivity contribution in [3.8, 4) is 0 Å². The van der Waals surface area contributed by atoms with Crippen molar-refractivity contribution in [2.24, 2.45) is 5.16 Å². The summed E-state index contributed by atoms with van der Waals surface area (Å²) >= 11 is 1.15. The Bertz CT molecular complexity index is 1850. The summed E-state index contributed by atoms with van der Waals surface area (Å²) in [4.78, 5) is 23.9. The summed E-state index contributed by atoms with van der Waals surface area (Å²) in [6.45, 7) is 4.96. The zero-order valence-electron chi connectivity index (χ0n) is 25.7. The minimum Gasteiger partial charge on any atom is -0.389 e. The average Bonchev–Trinajstić information content (AvgIpc) is 3.44. The molecule has 0 aliphatic carbocycles. The molecular formula is C35H33N3O6S2.